The molecule has 2 saturated carbocycles. The van der Waals surface area contributed by atoms with Crippen LogP contribution in [0.25, 0.3) is 0 Å². The van der Waals surface area contributed by atoms with Gasteiger partial charge in [-0.15, -0.1) is 0 Å². The van der Waals surface area contributed by atoms with E-state index in [1.807, 2.05) is 0 Å². The predicted octanol–water partition coefficient (Wildman–Crippen LogP) is 4.30. The van der Waals surface area contributed by atoms with E-state index in [0.717, 1.165) is 35.3 Å². The van der Waals surface area contributed by atoms with E-state index in [9.17, 15) is 0 Å². The van der Waals surface area contributed by atoms with Crippen molar-refractivity contribution in [3.8, 4) is 0 Å². The third kappa shape index (κ3) is 1.50. The van der Waals surface area contributed by atoms with Gasteiger partial charge < -0.3 is 0 Å². The van der Waals surface area contributed by atoms with Crippen LogP contribution in [0.2, 0.25) is 11.6 Å². The van der Waals surface area contributed by atoms with Crippen LogP contribution in [-0.4, -0.2) is 7.28 Å². The average Bonchev–Trinajstić information content (AvgIpc) is 2.91. The zero-order chi connectivity index (χ0) is 10.5. The summed E-state index contributed by atoms with van der Waals surface area (Å²) in [6.07, 6.45) is 14.1. The van der Waals surface area contributed by atoms with E-state index in [0.29, 0.717) is 0 Å². The molecule has 0 amide bonds. The van der Waals surface area contributed by atoms with Gasteiger partial charge in [-0.1, -0.05) is 50.2 Å². The molecule has 2 saturated heterocycles. The summed E-state index contributed by atoms with van der Waals surface area (Å²) in [7, 11) is 2.78. The molecule has 2 aliphatic heterocycles. The average molecular weight is 215 g/mol. The van der Waals surface area contributed by atoms with E-state index in [4.69, 9.17) is 0 Å². The molecule has 16 heavy (non-hydrogen) atoms. The molecular weight excluding hydrogens is 191 g/mol. The van der Waals surface area contributed by atoms with E-state index in [2.05, 4.69) is 7.28 Å². The minimum Gasteiger partial charge on any atom is -0.0686 e. The van der Waals surface area contributed by atoms with Crippen LogP contribution >= 0.6 is 0 Å². The van der Waals surface area contributed by atoms with Crippen molar-refractivity contribution in [2.75, 3.05) is 0 Å². The highest BCUT2D eigenvalue weighted by Gasteiger charge is 2.46. The fraction of sp³-hybridized carbons (Fsp3) is 1.00. The van der Waals surface area contributed by atoms with Gasteiger partial charge in [0.25, 0.3) is 0 Å². The largest absolute Gasteiger partial charge is 0.118 e. The molecule has 2 aliphatic carbocycles. The molecular formula is C15H24B. The lowest BCUT2D eigenvalue weighted by molar-refractivity contribution is 0.178. The Bertz CT molecular complexity index is 275. The third-order valence-corrected chi connectivity index (χ3v) is 6.40. The summed E-state index contributed by atoms with van der Waals surface area (Å²) < 4.78 is 0. The maximum Gasteiger partial charge on any atom is 0.118 e. The molecule has 4 fully saturated rings. The second kappa shape index (κ2) is 3.78. The molecule has 1 heteroatoms. The summed E-state index contributed by atoms with van der Waals surface area (Å²) in [5.41, 5.74) is 0. The molecule has 0 aromatic rings. The third-order valence-electron chi connectivity index (χ3n) is 6.40. The van der Waals surface area contributed by atoms with Crippen molar-refractivity contribution in [3.63, 3.8) is 0 Å². The Morgan fingerprint density at radius 2 is 1.75 bits per heavy atom. The molecule has 0 nitrogen and oxygen atoms in total. The van der Waals surface area contributed by atoms with Crippen LogP contribution < -0.4 is 0 Å². The highest BCUT2D eigenvalue weighted by atomic mass is 14.5. The van der Waals surface area contributed by atoms with Crippen molar-refractivity contribution in [2.45, 2.75) is 69.4 Å². The van der Waals surface area contributed by atoms with Gasteiger partial charge in [0, 0.05) is 0 Å². The fourth-order valence-corrected chi connectivity index (χ4v) is 5.73. The molecule has 4 bridgehead atoms. The quantitative estimate of drug-likeness (QED) is 0.572. The summed E-state index contributed by atoms with van der Waals surface area (Å²) >= 11 is 0. The normalized spacial score (nSPS) is 55.0. The van der Waals surface area contributed by atoms with Crippen LogP contribution in [0.15, 0.2) is 0 Å². The topological polar surface area (TPSA) is 0 Å². The Morgan fingerprint density at radius 1 is 0.750 bits per heavy atom. The standard InChI is InChI=1S/C15H24B/c1-2-12-6-7-13(15(3-1)16-12)14-9-10-4-5-11(14)8-10/h10-15H,1-9H2. The van der Waals surface area contributed by atoms with Gasteiger partial charge in [-0.25, -0.2) is 0 Å². The van der Waals surface area contributed by atoms with Gasteiger partial charge in [-0.05, 0) is 42.9 Å². The van der Waals surface area contributed by atoms with Crippen LogP contribution in [0.4, 0.5) is 0 Å². The monoisotopic (exact) mass is 215 g/mol. The van der Waals surface area contributed by atoms with Gasteiger partial charge in [0.05, 0.1) is 0 Å². The second-order valence-electron chi connectivity index (χ2n) is 7.13. The molecule has 0 spiro atoms. The lowest BCUT2D eigenvalue weighted by Crippen LogP contribution is -2.35. The molecule has 87 valence electrons. The molecule has 2 heterocycles. The Kier molecular flexibility index (Phi) is 2.37. The molecule has 4 rings (SSSR count). The zero-order valence-corrected chi connectivity index (χ0v) is 10.4. The van der Waals surface area contributed by atoms with Crippen molar-refractivity contribution < 1.29 is 0 Å². The lowest BCUT2D eigenvalue weighted by Gasteiger charge is -2.44. The Labute approximate surface area is 101 Å². The highest BCUT2D eigenvalue weighted by molar-refractivity contribution is 6.40. The first-order valence-electron chi connectivity index (χ1n) is 7.75. The molecule has 4 aliphatic rings. The Hall–Kier alpha value is 0.0649. The van der Waals surface area contributed by atoms with Crippen LogP contribution in [0.1, 0.15) is 57.8 Å². The first kappa shape index (κ1) is 10.0. The number of rotatable bonds is 1. The number of hydrogen-bond donors (Lipinski definition) is 0. The van der Waals surface area contributed by atoms with Gasteiger partial charge in [0.2, 0.25) is 0 Å². The zero-order valence-electron chi connectivity index (χ0n) is 10.4. The van der Waals surface area contributed by atoms with Crippen molar-refractivity contribution >= 4 is 7.28 Å². The molecule has 6 unspecified atom stereocenters. The van der Waals surface area contributed by atoms with E-state index in [-0.39, 0.29) is 0 Å². The maximum absolute atomic E-state index is 2.78. The van der Waals surface area contributed by atoms with E-state index in [1.165, 1.54) is 25.7 Å². The Balaban J connectivity index is 1.50. The van der Waals surface area contributed by atoms with Crippen molar-refractivity contribution in [1.29, 1.82) is 0 Å². The molecule has 0 aromatic carbocycles. The first-order chi connectivity index (χ1) is 7.90. The van der Waals surface area contributed by atoms with E-state index < -0.39 is 0 Å². The minimum atomic E-state index is 1.02. The second-order valence-corrected chi connectivity index (χ2v) is 7.13. The van der Waals surface area contributed by atoms with Crippen LogP contribution in [0.3, 0.4) is 0 Å². The number of fused-ring (bicyclic) bond motifs is 4. The summed E-state index contributed by atoms with van der Waals surface area (Å²) in [5, 5.41) is 0. The summed E-state index contributed by atoms with van der Waals surface area (Å²) in [6.45, 7) is 0. The highest BCUT2D eigenvalue weighted by Crippen LogP contribution is 2.57. The van der Waals surface area contributed by atoms with Crippen molar-refractivity contribution in [1.82, 2.24) is 0 Å². The predicted molar refractivity (Wildman–Crippen MR) is 68.8 cm³/mol. The lowest BCUT2D eigenvalue weighted by atomic mass is 9.39. The van der Waals surface area contributed by atoms with Crippen LogP contribution in [0.5, 0.6) is 0 Å². The Morgan fingerprint density at radius 3 is 2.56 bits per heavy atom. The molecule has 0 N–H and O–H groups in total. The summed E-state index contributed by atoms with van der Waals surface area (Å²) in [6, 6.07) is 0. The van der Waals surface area contributed by atoms with Gasteiger partial charge in [-0.2, -0.15) is 0 Å². The molecule has 6 atom stereocenters. The summed E-state index contributed by atoms with van der Waals surface area (Å²) in [4.78, 5) is 0. The van der Waals surface area contributed by atoms with E-state index in [1.54, 1.807) is 32.1 Å². The first-order valence-corrected chi connectivity index (χ1v) is 7.75. The smallest absolute Gasteiger partial charge is 0.0686 e. The van der Waals surface area contributed by atoms with Gasteiger partial charge in [0.15, 0.2) is 0 Å². The van der Waals surface area contributed by atoms with Crippen molar-refractivity contribution in [2.24, 2.45) is 23.7 Å². The summed E-state index contributed by atoms with van der Waals surface area (Å²) in [5.74, 6) is 6.63. The maximum atomic E-state index is 2.78. The van der Waals surface area contributed by atoms with Crippen LogP contribution in [-0.2, 0) is 0 Å². The number of hydrogen-bond acceptors (Lipinski definition) is 0. The van der Waals surface area contributed by atoms with Crippen molar-refractivity contribution in [3.05, 3.63) is 0 Å². The van der Waals surface area contributed by atoms with Gasteiger partial charge >= 0.3 is 0 Å². The minimum absolute atomic E-state index is 1.02. The fourth-order valence-electron chi connectivity index (χ4n) is 5.73. The SMILES string of the molecule is [B]1C2CCCC1C(C1CC3CCC1C3)CC2. The van der Waals surface area contributed by atoms with Gasteiger partial charge in [0.1, 0.15) is 7.28 Å². The van der Waals surface area contributed by atoms with Gasteiger partial charge in [-0.3, -0.25) is 0 Å². The van der Waals surface area contributed by atoms with E-state index >= 15 is 0 Å². The van der Waals surface area contributed by atoms with Crippen LogP contribution in [0, 0.1) is 23.7 Å². The molecule has 0 aromatic heterocycles. The molecule has 1 radical (unpaired) electrons.